The van der Waals surface area contributed by atoms with Crippen molar-refractivity contribution >= 4 is 0 Å². The van der Waals surface area contributed by atoms with E-state index in [0.29, 0.717) is 0 Å². The van der Waals surface area contributed by atoms with Crippen LogP contribution in [0.5, 0.6) is 0 Å². The monoisotopic (exact) mass is 144 g/mol. The van der Waals surface area contributed by atoms with Gasteiger partial charge in [0.2, 0.25) is 0 Å². The average molecular weight is 144 g/mol. The molecule has 10 heavy (non-hydrogen) atoms. The van der Waals surface area contributed by atoms with Gasteiger partial charge in [0, 0.05) is 0 Å². The molecule has 0 unspecified atom stereocenters. The number of hydrogen-bond donors (Lipinski definition) is 0. The molecule has 1 aliphatic heterocycles. The standard InChI is InChI=1S/C4H8O2.C4H8/c1-2-6-4-3-5-1;1-3-4-2/h1-4H2;3H,1,4H2,2H3. The van der Waals surface area contributed by atoms with Gasteiger partial charge in [-0.25, -0.2) is 0 Å². The van der Waals surface area contributed by atoms with Crippen LogP contribution in [0.2, 0.25) is 0 Å². The molecule has 0 N–H and O–H groups in total. The minimum atomic E-state index is 0.778. The highest BCUT2D eigenvalue weighted by atomic mass is 16.6. The van der Waals surface area contributed by atoms with Gasteiger partial charge in [0.25, 0.3) is 0 Å². The molecule has 0 amide bonds. The summed E-state index contributed by atoms with van der Waals surface area (Å²) in [5, 5.41) is 0. The van der Waals surface area contributed by atoms with Gasteiger partial charge < -0.3 is 9.47 Å². The van der Waals surface area contributed by atoms with Crippen molar-refractivity contribution in [1.29, 1.82) is 0 Å². The fraction of sp³-hybridized carbons (Fsp3) is 0.750. The van der Waals surface area contributed by atoms with Crippen molar-refractivity contribution in [3.63, 3.8) is 0 Å². The van der Waals surface area contributed by atoms with E-state index in [2.05, 4.69) is 13.5 Å². The topological polar surface area (TPSA) is 18.5 Å². The lowest BCUT2D eigenvalue weighted by Crippen LogP contribution is -2.16. The van der Waals surface area contributed by atoms with Gasteiger partial charge in [-0.15, -0.1) is 6.58 Å². The highest BCUT2D eigenvalue weighted by Crippen LogP contribution is 1.85. The summed E-state index contributed by atoms with van der Waals surface area (Å²) in [5.74, 6) is 0. The molecule has 60 valence electrons. The number of allylic oxidation sites excluding steroid dienone is 1. The maximum atomic E-state index is 4.94. The van der Waals surface area contributed by atoms with E-state index in [-0.39, 0.29) is 0 Å². The van der Waals surface area contributed by atoms with Crippen molar-refractivity contribution in [3.05, 3.63) is 12.7 Å². The van der Waals surface area contributed by atoms with Gasteiger partial charge in [-0.2, -0.15) is 0 Å². The molecule has 2 nitrogen and oxygen atoms in total. The molecule has 2 heteroatoms. The summed E-state index contributed by atoms with van der Waals surface area (Å²) in [6.45, 7) is 8.65. The van der Waals surface area contributed by atoms with Crippen molar-refractivity contribution in [2.75, 3.05) is 26.4 Å². The molecule has 0 aromatic carbocycles. The molecule has 0 bridgehead atoms. The molecule has 1 saturated heterocycles. The zero-order valence-corrected chi connectivity index (χ0v) is 6.64. The third-order valence-corrected chi connectivity index (χ3v) is 1.03. The molecule has 0 spiro atoms. The van der Waals surface area contributed by atoms with Gasteiger partial charge in [-0.1, -0.05) is 13.0 Å². The summed E-state index contributed by atoms with van der Waals surface area (Å²) in [5.41, 5.74) is 0. The maximum Gasteiger partial charge on any atom is 0.0701 e. The zero-order chi connectivity index (χ0) is 7.66. The quantitative estimate of drug-likeness (QED) is 0.520. The van der Waals surface area contributed by atoms with Crippen LogP contribution in [0.1, 0.15) is 13.3 Å². The van der Waals surface area contributed by atoms with Crippen molar-refractivity contribution in [3.8, 4) is 0 Å². The van der Waals surface area contributed by atoms with Gasteiger partial charge in [-0.05, 0) is 6.42 Å². The van der Waals surface area contributed by atoms with Gasteiger partial charge in [0.1, 0.15) is 0 Å². The minimum Gasteiger partial charge on any atom is -0.377 e. The Kier molecular flexibility index (Phi) is 8.37. The Morgan fingerprint density at radius 3 is 1.60 bits per heavy atom. The van der Waals surface area contributed by atoms with Crippen LogP contribution in [0.3, 0.4) is 0 Å². The van der Waals surface area contributed by atoms with E-state index in [1.807, 2.05) is 6.08 Å². The Balaban J connectivity index is 0.000000180. The first kappa shape index (κ1) is 9.66. The normalized spacial score (nSPS) is 16.9. The lowest BCUT2D eigenvalue weighted by Gasteiger charge is -2.09. The molecular formula is C8H16O2. The second kappa shape index (κ2) is 8.66. The van der Waals surface area contributed by atoms with Gasteiger partial charge in [0.05, 0.1) is 26.4 Å². The molecule has 1 fully saturated rings. The Labute approximate surface area is 62.8 Å². The van der Waals surface area contributed by atoms with E-state index in [1.54, 1.807) is 0 Å². The minimum absolute atomic E-state index is 0.778. The molecule has 1 aliphatic rings. The highest BCUT2D eigenvalue weighted by Gasteiger charge is 1.94. The van der Waals surface area contributed by atoms with Gasteiger partial charge in [0.15, 0.2) is 0 Å². The molecule has 1 rings (SSSR count). The number of ether oxygens (including phenoxy) is 2. The van der Waals surface area contributed by atoms with E-state index in [1.165, 1.54) is 0 Å². The van der Waals surface area contributed by atoms with Crippen molar-refractivity contribution in [1.82, 2.24) is 0 Å². The summed E-state index contributed by atoms with van der Waals surface area (Å²) >= 11 is 0. The van der Waals surface area contributed by atoms with E-state index in [9.17, 15) is 0 Å². The van der Waals surface area contributed by atoms with Crippen molar-refractivity contribution in [2.24, 2.45) is 0 Å². The summed E-state index contributed by atoms with van der Waals surface area (Å²) in [6.07, 6.45) is 2.96. The molecule has 0 radical (unpaired) electrons. The third-order valence-electron chi connectivity index (χ3n) is 1.03. The predicted octanol–water partition coefficient (Wildman–Crippen LogP) is 1.62. The highest BCUT2D eigenvalue weighted by molar-refractivity contribution is 4.60. The molecule has 0 atom stereocenters. The van der Waals surface area contributed by atoms with Gasteiger partial charge >= 0.3 is 0 Å². The first-order valence-corrected chi connectivity index (χ1v) is 3.68. The van der Waals surface area contributed by atoms with Crippen LogP contribution in [0.4, 0.5) is 0 Å². The summed E-state index contributed by atoms with van der Waals surface area (Å²) in [4.78, 5) is 0. The van der Waals surface area contributed by atoms with Crippen molar-refractivity contribution in [2.45, 2.75) is 13.3 Å². The fourth-order valence-electron chi connectivity index (χ4n) is 0.440. The number of rotatable bonds is 1. The number of hydrogen-bond acceptors (Lipinski definition) is 2. The lowest BCUT2D eigenvalue weighted by atomic mass is 10.5. The SMILES string of the molecule is C1COCCO1.C=CCC. The zero-order valence-electron chi connectivity index (χ0n) is 6.64. The first-order valence-electron chi connectivity index (χ1n) is 3.68. The third kappa shape index (κ3) is 7.66. The van der Waals surface area contributed by atoms with Crippen LogP contribution in [0, 0.1) is 0 Å². The van der Waals surface area contributed by atoms with Crippen LogP contribution in [0.15, 0.2) is 12.7 Å². The molecule has 0 aliphatic carbocycles. The second-order valence-corrected chi connectivity index (χ2v) is 1.92. The largest absolute Gasteiger partial charge is 0.377 e. The van der Waals surface area contributed by atoms with Crippen LogP contribution in [-0.4, -0.2) is 26.4 Å². The maximum absolute atomic E-state index is 4.94. The molecular weight excluding hydrogens is 128 g/mol. The smallest absolute Gasteiger partial charge is 0.0701 e. The van der Waals surface area contributed by atoms with Crippen molar-refractivity contribution < 1.29 is 9.47 Å². The van der Waals surface area contributed by atoms with Crippen LogP contribution in [-0.2, 0) is 9.47 Å². The second-order valence-electron chi connectivity index (χ2n) is 1.92. The molecule has 1 heterocycles. The van der Waals surface area contributed by atoms with Crippen LogP contribution < -0.4 is 0 Å². The molecule has 0 aromatic heterocycles. The summed E-state index contributed by atoms with van der Waals surface area (Å²) in [7, 11) is 0. The Morgan fingerprint density at radius 1 is 1.20 bits per heavy atom. The Morgan fingerprint density at radius 2 is 1.50 bits per heavy atom. The van der Waals surface area contributed by atoms with E-state index >= 15 is 0 Å². The summed E-state index contributed by atoms with van der Waals surface area (Å²) < 4.78 is 9.89. The summed E-state index contributed by atoms with van der Waals surface area (Å²) in [6, 6.07) is 0. The predicted molar refractivity (Wildman–Crippen MR) is 42.1 cm³/mol. The first-order chi connectivity index (χ1) is 4.91. The fourth-order valence-corrected chi connectivity index (χ4v) is 0.440. The van der Waals surface area contributed by atoms with E-state index in [4.69, 9.17) is 9.47 Å². The lowest BCUT2D eigenvalue weighted by molar-refractivity contribution is -0.0334. The Bertz CT molecular complexity index is 56.1. The van der Waals surface area contributed by atoms with Gasteiger partial charge in [-0.3, -0.25) is 0 Å². The Hall–Kier alpha value is -0.340. The molecule has 0 saturated carbocycles. The molecule has 0 aromatic rings. The van der Waals surface area contributed by atoms with Crippen LogP contribution >= 0.6 is 0 Å². The van der Waals surface area contributed by atoms with Crippen LogP contribution in [0.25, 0.3) is 0 Å². The average Bonchev–Trinajstić information content (AvgIpc) is 2.08. The van der Waals surface area contributed by atoms with E-state index in [0.717, 1.165) is 32.8 Å². The van der Waals surface area contributed by atoms with E-state index < -0.39 is 0 Å².